The highest BCUT2D eigenvalue weighted by Gasteiger charge is 2.20. The summed E-state index contributed by atoms with van der Waals surface area (Å²) >= 11 is 0. The monoisotopic (exact) mass is 420 g/mol. The lowest BCUT2D eigenvalue weighted by Gasteiger charge is -2.09. The fourth-order valence-corrected chi connectivity index (χ4v) is 3.21. The third-order valence-corrected chi connectivity index (χ3v) is 4.75. The molecule has 1 amide bonds. The van der Waals surface area contributed by atoms with E-state index in [9.17, 15) is 20.2 Å². The number of amides is 1. The van der Waals surface area contributed by atoms with Gasteiger partial charge in [0, 0.05) is 23.6 Å². The quantitative estimate of drug-likeness (QED) is 0.249. The van der Waals surface area contributed by atoms with E-state index in [0.717, 1.165) is 16.5 Å². The number of nitro groups is 1. The molecule has 0 saturated carbocycles. The molecule has 0 atom stereocenters. The smallest absolute Gasteiger partial charge is 0.280 e. The minimum absolute atomic E-state index is 0.0611. The minimum atomic E-state index is -0.619. The van der Waals surface area contributed by atoms with Gasteiger partial charge in [-0.05, 0) is 30.2 Å². The zero-order chi connectivity index (χ0) is 22.4. The molecule has 0 aliphatic heterocycles. The number of carbonyl (C=O) groups is 1. The van der Waals surface area contributed by atoms with Gasteiger partial charge in [-0.1, -0.05) is 18.2 Å². The zero-order valence-electron chi connectivity index (χ0n) is 17.0. The highest BCUT2D eigenvalue weighted by atomic mass is 16.6. The number of methoxy groups -OCH3 is 2. The molecule has 0 aliphatic rings. The van der Waals surface area contributed by atoms with Gasteiger partial charge in [-0.15, -0.1) is 0 Å². The topological polar surface area (TPSA) is 130 Å². The van der Waals surface area contributed by atoms with Crippen molar-refractivity contribution in [2.24, 2.45) is 0 Å². The Balaban J connectivity index is 1.78. The fourth-order valence-electron chi connectivity index (χ4n) is 3.21. The van der Waals surface area contributed by atoms with Crippen LogP contribution in [-0.2, 0) is 11.2 Å². The van der Waals surface area contributed by atoms with Gasteiger partial charge in [0.05, 0.1) is 30.8 Å². The lowest BCUT2D eigenvalue weighted by atomic mass is 10.1. The number of aromatic amines is 1. The second-order valence-corrected chi connectivity index (χ2v) is 6.56. The summed E-state index contributed by atoms with van der Waals surface area (Å²) in [7, 11) is 2.75. The largest absolute Gasteiger partial charge is 0.493 e. The maximum absolute atomic E-state index is 12.5. The van der Waals surface area contributed by atoms with E-state index in [-0.39, 0.29) is 28.3 Å². The number of hydrogen-bond acceptors (Lipinski definition) is 6. The molecule has 0 fully saturated rings. The molecule has 2 aromatic carbocycles. The van der Waals surface area contributed by atoms with Crippen LogP contribution in [0.5, 0.6) is 11.5 Å². The van der Waals surface area contributed by atoms with E-state index in [4.69, 9.17) is 9.47 Å². The van der Waals surface area contributed by atoms with Gasteiger partial charge in [0.15, 0.2) is 11.5 Å². The number of nitriles is 1. The van der Waals surface area contributed by atoms with Crippen LogP contribution in [0.1, 0.15) is 11.1 Å². The van der Waals surface area contributed by atoms with Gasteiger partial charge in [-0.3, -0.25) is 14.9 Å². The Labute approximate surface area is 178 Å². The van der Waals surface area contributed by atoms with E-state index >= 15 is 0 Å². The predicted octanol–water partition coefficient (Wildman–Crippen LogP) is 3.36. The molecule has 3 rings (SSSR count). The number of benzene rings is 2. The van der Waals surface area contributed by atoms with E-state index in [1.54, 1.807) is 6.07 Å². The summed E-state index contributed by atoms with van der Waals surface area (Å²) in [6, 6.07) is 12.2. The van der Waals surface area contributed by atoms with E-state index in [2.05, 4.69) is 10.3 Å². The molecule has 1 heterocycles. The second kappa shape index (κ2) is 9.45. The van der Waals surface area contributed by atoms with Gasteiger partial charge in [0.1, 0.15) is 11.6 Å². The first-order valence-corrected chi connectivity index (χ1v) is 9.34. The minimum Gasteiger partial charge on any atom is -0.493 e. The van der Waals surface area contributed by atoms with Crippen LogP contribution in [0, 0.1) is 21.4 Å². The number of rotatable bonds is 8. The molecule has 158 valence electrons. The van der Waals surface area contributed by atoms with E-state index in [1.165, 1.54) is 32.4 Å². The summed E-state index contributed by atoms with van der Waals surface area (Å²) in [6.45, 7) is 0.299. The summed E-state index contributed by atoms with van der Waals surface area (Å²) in [4.78, 5) is 26.5. The van der Waals surface area contributed by atoms with Gasteiger partial charge in [-0.2, -0.15) is 5.26 Å². The maximum atomic E-state index is 12.5. The Bertz CT molecular complexity index is 1210. The first kappa shape index (κ1) is 21.4. The Hall–Kier alpha value is -4.32. The van der Waals surface area contributed by atoms with Gasteiger partial charge in [-0.25, -0.2) is 0 Å². The Kier molecular flexibility index (Phi) is 6.52. The molecule has 0 unspecified atom stereocenters. The molecule has 31 heavy (non-hydrogen) atoms. The number of H-pyrrole nitrogens is 1. The molecule has 0 aliphatic carbocycles. The van der Waals surface area contributed by atoms with Crippen molar-refractivity contribution < 1.29 is 19.2 Å². The van der Waals surface area contributed by atoms with Crippen molar-refractivity contribution >= 4 is 28.6 Å². The number of nitrogens with zero attached hydrogens (tertiary/aromatic N) is 2. The van der Waals surface area contributed by atoms with E-state index in [1.807, 2.05) is 30.5 Å². The number of nitro benzene ring substituents is 1. The first-order valence-electron chi connectivity index (χ1n) is 9.34. The summed E-state index contributed by atoms with van der Waals surface area (Å²) in [5, 5.41) is 24.6. The maximum Gasteiger partial charge on any atom is 0.280 e. The van der Waals surface area contributed by atoms with Crippen molar-refractivity contribution in [1.82, 2.24) is 10.3 Å². The van der Waals surface area contributed by atoms with Crippen LogP contribution in [0.15, 0.2) is 48.2 Å². The Morgan fingerprint density at radius 2 is 1.97 bits per heavy atom. The van der Waals surface area contributed by atoms with Crippen LogP contribution < -0.4 is 14.8 Å². The Morgan fingerprint density at radius 3 is 2.65 bits per heavy atom. The fraction of sp³-hybridized carbons (Fsp3) is 0.182. The highest BCUT2D eigenvalue weighted by Crippen LogP contribution is 2.35. The zero-order valence-corrected chi connectivity index (χ0v) is 17.0. The number of para-hydroxylation sites is 1. The van der Waals surface area contributed by atoms with Crippen LogP contribution in [0.25, 0.3) is 17.0 Å². The molecule has 0 spiro atoms. The molecular weight excluding hydrogens is 400 g/mol. The summed E-state index contributed by atoms with van der Waals surface area (Å²) in [5.41, 5.74) is 1.54. The number of nitrogens with one attached hydrogen (secondary N) is 2. The van der Waals surface area contributed by atoms with Crippen molar-refractivity contribution in [2.45, 2.75) is 6.42 Å². The lowest BCUT2D eigenvalue weighted by molar-refractivity contribution is -0.385. The number of carbonyl (C=O) groups excluding carboxylic acids is 1. The normalized spacial score (nSPS) is 11.1. The number of ether oxygens (including phenoxy) is 2. The third-order valence-electron chi connectivity index (χ3n) is 4.75. The molecule has 0 radical (unpaired) electrons. The molecule has 3 aromatic rings. The van der Waals surface area contributed by atoms with Crippen molar-refractivity contribution in [2.75, 3.05) is 20.8 Å². The summed E-state index contributed by atoms with van der Waals surface area (Å²) < 4.78 is 10.2. The average molecular weight is 420 g/mol. The van der Waals surface area contributed by atoms with Crippen LogP contribution in [0.3, 0.4) is 0 Å². The average Bonchev–Trinajstić information content (AvgIpc) is 3.19. The molecule has 1 aromatic heterocycles. The third kappa shape index (κ3) is 4.64. The lowest BCUT2D eigenvalue weighted by Crippen LogP contribution is -2.26. The SMILES string of the molecule is COc1cc(C=C(C#N)C(=O)NCCc2c[nH]c3ccccc23)c([N+](=O)[O-])cc1OC. The van der Waals surface area contributed by atoms with Crippen molar-refractivity contribution in [3.05, 3.63) is 69.4 Å². The molecule has 9 nitrogen and oxygen atoms in total. The van der Waals surface area contributed by atoms with Crippen molar-refractivity contribution in [3.63, 3.8) is 0 Å². The summed E-state index contributed by atoms with van der Waals surface area (Å²) in [6.07, 6.45) is 3.61. The predicted molar refractivity (Wildman–Crippen MR) is 115 cm³/mol. The van der Waals surface area contributed by atoms with E-state index in [0.29, 0.717) is 13.0 Å². The van der Waals surface area contributed by atoms with E-state index < -0.39 is 10.8 Å². The molecule has 0 saturated heterocycles. The molecule has 9 heteroatoms. The van der Waals surface area contributed by atoms with Crippen LogP contribution >= 0.6 is 0 Å². The Morgan fingerprint density at radius 1 is 1.26 bits per heavy atom. The van der Waals surface area contributed by atoms with Gasteiger partial charge >= 0.3 is 0 Å². The van der Waals surface area contributed by atoms with Crippen LogP contribution in [-0.4, -0.2) is 36.6 Å². The molecule has 0 bridgehead atoms. The standard InChI is InChI=1S/C22H20N4O5/c1-30-20-10-15(19(26(28)29)11-21(20)31-2)9-16(12-23)22(27)24-8-7-14-13-25-18-6-4-3-5-17(14)18/h3-6,9-11,13,25H,7-8H2,1-2H3,(H,24,27). The van der Waals surface area contributed by atoms with Crippen LogP contribution in [0.2, 0.25) is 0 Å². The van der Waals surface area contributed by atoms with Crippen molar-refractivity contribution in [1.29, 1.82) is 5.26 Å². The molecule has 2 N–H and O–H groups in total. The van der Waals surface area contributed by atoms with Gasteiger partial charge in [0.2, 0.25) is 0 Å². The molecular formula is C22H20N4O5. The first-order chi connectivity index (χ1) is 15.0. The second-order valence-electron chi connectivity index (χ2n) is 6.56. The van der Waals surface area contributed by atoms with Crippen LogP contribution in [0.4, 0.5) is 5.69 Å². The highest BCUT2D eigenvalue weighted by molar-refractivity contribution is 6.02. The number of hydrogen-bond donors (Lipinski definition) is 2. The number of fused-ring (bicyclic) bond motifs is 1. The van der Waals surface area contributed by atoms with Gasteiger partial charge < -0.3 is 19.8 Å². The van der Waals surface area contributed by atoms with Gasteiger partial charge in [0.25, 0.3) is 11.6 Å². The number of aromatic nitrogens is 1. The van der Waals surface area contributed by atoms with Crippen molar-refractivity contribution in [3.8, 4) is 17.6 Å². The summed E-state index contributed by atoms with van der Waals surface area (Å²) in [5.74, 6) is -0.198.